The summed E-state index contributed by atoms with van der Waals surface area (Å²) in [5.74, 6) is 0. The molecule has 2 heteroatoms. The zero-order chi connectivity index (χ0) is 6.69. The highest BCUT2D eigenvalue weighted by atomic mass is 32.1. The van der Waals surface area contributed by atoms with E-state index in [9.17, 15) is 0 Å². The highest BCUT2D eigenvalue weighted by molar-refractivity contribution is 7.79. The van der Waals surface area contributed by atoms with Gasteiger partial charge in [-0.3, -0.25) is 0 Å². The zero-order valence-electron chi connectivity index (χ0n) is 4.87. The van der Waals surface area contributed by atoms with E-state index in [-0.39, 0.29) is 0 Å². The molecule has 46 valence electrons. The van der Waals surface area contributed by atoms with Gasteiger partial charge >= 0.3 is 0 Å². The topological polar surface area (TPSA) is 26.0 Å². The maximum absolute atomic E-state index is 5.43. The molecule has 0 aliphatic rings. The van der Waals surface area contributed by atoms with Crippen LogP contribution in [0.2, 0.25) is 0 Å². The van der Waals surface area contributed by atoms with E-state index >= 15 is 0 Å². The molecule has 2 N–H and O–H groups in total. The predicted octanol–water partition coefficient (Wildman–Crippen LogP) is 1.62. The lowest BCUT2D eigenvalue weighted by Crippen LogP contribution is -1.83. The summed E-state index contributed by atoms with van der Waals surface area (Å²) in [6.07, 6.45) is 0. The van der Waals surface area contributed by atoms with Gasteiger partial charge in [0.1, 0.15) is 0 Å². The monoisotopic (exact) mass is 137 g/mol. The number of thiocarbonyl (C=S) groups is 1. The number of nitrogens with two attached hydrogens (primary N) is 1. The summed E-state index contributed by atoms with van der Waals surface area (Å²) in [5.41, 5.74) is 7.23. The van der Waals surface area contributed by atoms with Crippen LogP contribution in [0, 0.1) is 0 Å². The van der Waals surface area contributed by atoms with Gasteiger partial charge in [0, 0.05) is 11.1 Å². The SMILES string of the molecule is Nc1ccc(C=S)cc1. The molecule has 1 nitrogen and oxygen atoms in total. The standard InChI is InChI=1S/C7H7NS/c8-7-3-1-6(5-9)2-4-7/h1-5H,8H2. The van der Waals surface area contributed by atoms with Gasteiger partial charge < -0.3 is 5.73 Å². The van der Waals surface area contributed by atoms with Crippen molar-refractivity contribution >= 4 is 23.3 Å². The van der Waals surface area contributed by atoms with E-state index in [4.69, 9.17) is 18.0 Å². The first-order chi connectivity index (χ1) is 4.33. The van der Waals surface area contributed by atoms with Gasteiger partial charge in [-0.15, -0.1) is 0 Å². The van der Waals surface area contributed by atoms with Crippen molar-refractivity contribution in [2.24, 2.45) is 0 Å². The molecule has 0 saturated carbocycles. The molecule has 0 atom stereocenters. The number of nitrogen functional groups attached to an aromatic ring is 1. The summed E-state index contributed by atoms with van der Waals surface area (Å²) in [7, 11) is 0. The van der Waals surface area contributed by atoms with Crippen LogP contribution in [0.1, 0.15) is 5.56 Å². The Balaban J connectivity index is 3.01. The van der Waals surface area contributed by atoms with E-state index in [1.165, 1.54) is 0 Å². The van der Waals surface area contributed by atoms with E-state index in [1.54, 1.807) is 5.37 Å². The number of benzene rings is 1. The molecule has 0 aliphatic heterocycles. The first kappa shape index (κ1) is 6.23. The molecule has 0 spiro atoms. The van der Waals surface area contributed by atoms with Crippen molar-refractivity contribution in [3.05, 3.63) is 29.8 Å². The maximum Gasteiger partial charge on any atom is 0.0314 e. The second kappa shape index (κ2) is 2.60. The van der Waals surface area contributed by atoms with Crippen LogP contribution in [0.5, 0.6) is 0 Å². The Morgan fingerprint density at radius 3 is 2.22 bits per heavy atom. The van der Waals surface area contributed by atoms with Gasteiger partial charge in [0.15, 0.2) is 0 Å². The molecule has 1 rings (SSSR count). The van der Waals surface area contributed by atoms with Gasteiger partial charge in [-0.1, -0.05) is 24.4 Å². The van der Waals surface area contributed by atoms with Crippen molar-refractivity contribution in [1.29, 1.82) is 0 Å². The third kappa shape index (κ3) is 1.50. The molecule has 0 heterocycles. The fraction of sp³-hybridized carbons (Fsp3) is 0. The molecule has 0 unspecified atom stereocenters. The van der Waals surface area contributed by atoms with Crippen molar-refractivity contribution in [3.8, 4) is 0 Å². The Labute approximate surface area is 59.5 Å². The van der Waals surface area contributed by atoms with Crippen LogP contribution in [-0.4, -0.2) is 5.37 Å². The molecule has 1 aromatic rings. The third-order valence-electron chi connectivity index (χ3n) is 1.07. The Morgan fingerprint density at radius 2 is 1.78 bits per heavy atom. The smallest absolute Gasteiger partial charge is 0.0314 e. The second-order valence-corrected chi connectivity index (χ2v) is 2.02. The second-order valence-electron chi connectivity index (χ2n) is 1.78. The maximum atomic E-state index is 5.43. The molecule has 0 radical (unpaired) electrons. The summed E-state index contributed by atoms with van der Waals surface area (Å²) >= 11 is 4.70. The summed E-state index contributed by atoms with van der Waals surface area (Å²) in [5, 5.41) is 1.62. The lowest BCUT2D eigenvalue weighted by Gasteiger charge is -1.90. The lowest BCUT2D eigenvalue weighted by molar-refractivity contribution is 1.67. The minimum atomic E-state index is 0.774. The van der Waals surface area contributed by atoms with E-state index in [0.29, 0.717) is 0 Å². The molecule has 0 amide bonds. The van der Waals surface area contributed by atoms with Gasteiger partial charge in [0.05, 0.1) is 0 Å². The Bertz CT molecular complexity index is 203. The summed E-state index contributed by atoms with van der Waals surface area (Å²) < 4.78 is 0. The van der Waals surface area contributed by atoms with Gasteiger partial charge in [0.25, 0.3) is 0 Å². The molecule has 0 bridgehead atoms. The van der Waals surface area contributed by atoms with Gasteiger partial charge in [0.2, 0.25) is 0 Å². The average Bonchev–Trinajstić information content (AvgIpc) is 1.90. The lowest BCUT2D eigenvalue weighted by atomic mass is 10.2. The first-order valence-corrected chi connectivity index (χ1v) is 3.11. The van der Waals surface area contributed by atoms with Crippen LogP contribution in [0.15, 0.2) is 24.3 Å². The zero-order valence-corrected chi connectivity index (χ0v) is 5.69. The van der Waals surface area contributed by atoms with Crippen molar-refractivity contribution in [3.63, 3.8) is 0 Å². The molecule has 0 aromatic heterocycles. The minimum absolute atomic E-state index is 0.774. The Morgan fingerprint density at radius 1 is 1.22 bits per heavy atom. The average molecular weight is 137 g/mol. The number of anilines is 1. The first-order valence-electron chi connectivity index (χ1n) is 2.63. The van der Waals surface area contributed by atoms with Crippen molar-refractivity contribution in [2.75, 3.05) is 5.73 Å². The fourth-order valence-electron chi connectivity index (χ4n) is 0.575. The van der Waals surface area contributed by atoms with Crippen LogP contribution in [0.3, 0.4) is 0 Å². The largest absolute Gasteiger partial charge is 0.399 e. The molecule has 1 aromatic carbocycles. The summed E-state index contributed by atoms with van der Waals surface area (Å²) in [6.45, 7) is 0. The van der Waals surface area contributed by atoms with Crippen LogP contribution in [-0.2, 0) is 0 Å². The highest BCUT2D eigenvalue weighted by Gasteiger charge is 1.83. The fourth-order valence-corrected chi connectivity index (χ4v) is 0.732. The van der Waals surface area contributed by atoms with Crippen LogP contribution in [0.4, 0.5) is 5.69 Å². The van der Waals surface area contributed by atoms with Crippen molar-refractivity contribution in [2.45, 2.75) is 0 Å². The molecule has 9 heavy (non-hydrogen) atoms. The number of hydrogen-bond donors (Lipinski definition) is 1. The van der Waals surface area contributed by atoms with Gasteiger partial charge in [-0.05, 0) is 17.7 Å². The molecule has 0 fully saturated rings. The predicted molar refractivity (Wildman–Crippen MR) is 43.6 cm³/mol. The molecular weight excluding hydrogens is 130 g/mol. The van der Waals surface area contributed by atoms with Crippen LogP contribution in [0.25, 0.3) is 0 Å². The summed E-state index contributed by atoms with van der Waals surface area (Å²) in [6, 6.07) is 7.45. The van der Waals surface area contributed by atoms with Gasteiger partial charge in [-0.2, -0.15) is 0 Å². The van der Waals surface area contributed by atoms with E-state index < -0.39 is 0 Å². The van der Waals surface area contributed by atoms with Gasteiger partial charge in [-0.25, -0.2) is 0 Å². The number of hydrogen-bond acceptors (Lipinski definition) is 2. The minimum Gasteiger partial charge on any atom is -0.399 e. The molecule has 0 aliphatic carbocycles. The molecular formula is C7H7NS. The Hall–Kier alpha value is -0.890. The normalized spacial score (nSPS) is 8.89. The highest BCUT2D eigenvalue weighted by Crippen LogP contribution is 2.02. The van der Waals surface area contributed by atoms with Crippen LogP contribution >= 0.6 is 12.2 Å². The van der Waals surface area contributed by atoms with E-state index in [0.717, 1.165) is 11.3 Å². The number of rotatable bonds is 1. The van der Waals surface area contributed by atoms with Crippen LogP contribution < -0.4 is 5.73 Å². The molecule has 0 saturated heterocycles. The Kier molecular flexibility index (Phi) is 1.80. The summed E-state index contributed by atoms with van der Waals surface area (Å²) in [4.78, 5) is 0. The van der Waals surface area contributed by atoms with Crippen molar-refractivity contribution in [1.82, 2.24) is 0 Å². The van der Waals surface area contributed by atoms with E-state index in [1.807, 2.05) is 24.3 Å². The van der Waals surface area contributed by atoms with Crippen molar-refractivity contribution < 1.29 is 0 Å². The quantitative estimate of drug-likeness (QED) is 0.470. The van der Waals surface area contributed by atoms with E-state index in [2.05, 4.69) is 0 Å². The third-order valence-corrected chi connectivity index (χ3v) is 1.34.